The zero-order valence-corrected chi connectivity index (χ0v) is 14.7. The molecule has 0 aliphatic heterocycles. The number of hydrogen-bond acceptors (Lipinski definition) is 4. The topological polar surface area (TPSA) is 107 Å². The summed E-state index contributed by atoms with van der Waals surface area (Å²) in [6, 6.07) is 0. The zero-order chi connectivity index (χ0) is 17.0. The highest BCUT2D eigenvalue weighted by molar-refractivity contribution is 7.46. The molecule has 0 bridgehead atoms. The minimum absolute atomic E-state index is 0.0756. The fourth-order valence-electron chi connectivity index (χ4n) is 3.35. The van der Waals surface area contributed by atoms with E-state index in [2.05, 4.69) is 0 Å². The van der Waals surface area contributed by atoms with Gasteiger partial charge < -0.3 is 20.0 Å². The second-order valence-corrected chi connectivity index (χ2v) is 8.86. The second-order valence-electron chi connectivity index (χ2n) is 7.67. The monoisotopic (exact) mass is 350 g/mol. The fourth-order valence-corrected chi connectivity index (χ4v) is 3.95. The SMILES string of the molecule is O=P(O)(O)OC(CCCCC1(CO)CC1)CCCC1(CO)CC1. The van der Waals surface area contributed by atoms with Crippen LogP contribution in [0.2, 0.25) is 0 Å². The van der Waals surface area contributed by atoms with Crippen molar-refractivity contribution >= 4 is 7.82 Å². The van der Waals surface area contributed by atoms with Gasteiger partial charge in [0, 0.05) is 13.2 Å². The van der Waals surface area contributed by atoms with Crippen molar-refractivity contribution in [2.45, 2.75) is 76.7 Å². The minimum atomic E-state index is -4.46. The average molecular weight is 350 g/mol. The van der Waals surface area contributed by atoms with Crippen molar-refractivity contribution in [2.75, 3.05) is 13.2 Å². The van der Waals surface area contributed by atoms with Gasteiger partial charge in [-0.3, -0.25) is 4.52 Å². The molecule has 23 heavy (non-hydrogen) atoms. The Morgan fingerprint density at radius 1 is 0.870 bits per heavy atom. The van der Waals surface area contributed by atoms with Crippen LogP contribution in [0.5, 0.6) is 0 Å². The maximum atomic E-state index is 11.1. The molecule has 0 saturated heterocycles. The Kier molecular flexibility index (Phi) is 6.68. The van der Waals surface area contributed by atoms with Gasteiger partial charge in [0.1, 0.15) is 0 Å². The normalized spacial score (nSPS) is 22.8. The van der Waals surface area contributed by atoms with Crippen molar-refractivity contribution in [3.05, 3.63) is 0 Å². The Bertz CT molecular complexity index is 413. The van der Waals surface area contributed by atoms with E-state index in [1.165, 1.54) is 0 Å². The van der Waals surface area contributed by atoms with Gasteiger partial charge in [0.05, 0.1) is 6.10 Å². The summed E-state index contributed by atoms with van der Waals surface area (Å²) in [5.74, 6) is 0. The molecule has 0 radical (unpaired) electrons. The summed E-state index contributed by atoms with van der Waals surface area (Å²) in [7, 11) is -4.46. The van der Waals surface area contributed by atoms with Crippen molar-refractivity contribution in [2.24, 2.45) is 10.8 Å². The zero-order valence-electron chi connectivity index (χ0n) is 13.8. The maximum absolute atomic E-state index is 11.1. The maximum Gasteiger partial charge on any atom is 0.469 e. The lowest BCUT2D eigenvalue weighted by Crippen LogP contribution is -2.14. The summed E-state index contributed by atoms with van der Waals surface area (Å²) >= 11 is 0. The van der Waals surface area contributed by atoms with E-state index in [4.69, 9.17) is 14.3 Å². The van der Waals surface area contributed by atoms with E-state index in [0.717, 1.165) is 57.8 Å². The number of phosphoric ester groups is 1. The first-order chi connectivity index (χ1) is 10.8. The van der Waals surface area contributed by atoms with Crippen LogP contribution >= 0.6 is 7.82 Å². The molecule has 6 nitrogen and oxygen atoms in total. The number of phosphoric acid groups is 1. The highest BCUT2D eigenvalue weighted by Crippen LogP contribution is 2.50. The van der Waals surface area contributed by atoms with Gasteiger partial charge >= 0.3 is 7.82 Å². The first-order valence-electron chi connectivity index (χ1n) is 8.78. The Labute approximate surface area is 138 Å². The molecule has 0 spiro atoms. The molecule has 0 aromatic rings. The van der Waals surface area contributed by atoms with Crippen molar-refractivity contribution in [1.82, 2.24) is 0 Å². The minimum Gasteiger partial charge on any atom is -0.396 e. The van der Waals surface area contributed by atoms with E-state index < -0.39 is 13.9 Å². The predicted molar refractivity (Wildman–Crippen MR) is 86.7 cm³/mol. The van der Waals surface area contributed by atoms with E-state index in [1.807, 2.05) is 0 Å². The van der Waals surface area contributed by atoms with Crippen LogP contribution in [0.4, 0.5) is 0 Å². The third-order valence-corrected chi connectivity index (χ3v) is 6.16. The van der Waals surface area contributed by atoms with Crippen LogP contribution in [-0.2, 0) is 9.09 Å². The molecule has 1 atom stereocenters. The van der Waals surface area contributed by atoms with Crippen molar-refractivity contribution in [3.8, 4) is 0 Å². The van der Waals surface area contributed by atoms with Crippen LogP contribution in [0.25, 0.3) is 0 Å². The third kappa shape index (κ3) is 6.81. The largest absolute Gasteiger partial charge is 0.469 e. The molecule has 136 valence electrons. The number of aliphatic hydroxyl groups excluding tert-OH is 2. The second kappa shape index (κ2) is 7.94. The molecule has 2 rings (SSSR count). The summed E-state index contributed by atoms with van der Waals surface area (Å²) in [5, 5.41) is 18.6. The van der Waals surface area contributed by atoms with Gasteiger partial charge in [0.2, 0.25) is 0 Å². The quantitative estimate of drug-likeness (QED) is 0.300. The lowest BCUT2D eigenvalue weighted by Gasteiger charge is -2.20. The van der Waals surface area contributed by atoms with Crippen molar-refractivity contribution in [3.63, 3.8) is 0 Å². The molecular formula is C16H31O6P. The van der Waals surface area contributed by atoms with E-state index in [0.29, 0.717) is 12.8 Å². The van der Waals surface area contributed by atoms with Gasteiger partial charge in [0.25, 0.3) is 0 Å². The molecule has 2 saturated carbocycles. The van der Waals surface area contributed by atoms with Gasteiger partial charge in [-0.1, -0.05) is 19.3 Å². The molecule has 0 aromatic heterocycles. The summed E-state index contributed by atoms with van der Waals surface area (Å²) in [6.45, 7) is 0.457. The lowest BCUT2D eigenvalue weighted by atomic mass is 9.95. The van der Waals surface area contributed by atoms with Gasteiger partial charge in [-0.25, -0.2) is 4.57 Å². The highest BCUT2D eigenvalue weighted by atomic mass is 31.2. The summed E-state index contributed by atoms with van der Waals surface area (Å²) in [6.07, 6.45) is 9.66. The smallest absolute Gasteiger partial charge is 0.396 e. The molecule has 0 aromatic carbocycles. The molecule has 2 aliphatic rings. The fraction of sp³-hybridized carbons (Fsp3) is 1.00. The third-order valence-electron chi connectivity index (χ3n) is 5.59. The molecule has 7 heteroatoms. The summed E-state index contributed by atoms with van der Waals surface area (Å²) < 4.78 is 16.1. The van der Waals surface area contributed by atoms with Crippen molar-refractivity contribution < 1.29 is 29.1 Å². The summed E-state index contributed by atoms with van der Waals surface area (Å²) in [5.41, 5.74) is 0.214. The van der Waals surface area contributed by atoms with Gasteiger partial charge in [-0.2, -0.15) is 0 Å². The van der Waals surface area contributed by atoms with E-state index >= 15 is 0 Å². The van der Waals surface area contributed by atoms with E-state index in [-0.39, 0.29) is 24.0 Å². The van der Waals surface area contributed by atoms with Crippen LogP contribution in [0.15, 0.2) is 0 Å². The average Bonchev–Trinajstić information content (AvgIpc) is 3.38. The Balaban J connectivity index is 1.67. The van der Waals surface area contributed by atoms with E-state index in [1.54, 1.807) is 0 Å². The molecule has 2 aliphatic carbocycles. The molecule has 1 unspecified atom stereocenters. The standard InChI is InChI=1S/C16H31O6P/c17-12-15(8-9-15)6-2-1-4-14(22-23(19,20)21)5-3-7-16(13-18)10-11-16/h14,17-18H,1-13H2,(H2,19,20,21). The number of aliphatic hydroxyl groups is 2. The first-order valence-corrected chi connectivity index (χ1v) is 10.3. The van der Waals surface area contributed by atoms with Crippen LogP contribution in [-0.4, -0.2) is 39.3 Å². The first kappa shape index (κ1) is 19.4. The summed E-state index contributed by atoms with van der Waals surface area (Å²) in [4.78, 5) is 18.1. The number of hydrogen-bond donors (Lipinski definition) is 4. The van der Waals surface area contributed by atoms with Gasteiger partial charge in [0.15, 0.2) is 0 Å². The van der Waals surface area contributed by atoms with Crippen LogP contribution in [0.3, 0.4) is 0 Å². The Hall–Kier alpha value is 0.0300. The van der Waals surface area contributed by atoms with Crippen LogP contribution in [0.1, 0.15) is 70.6 Å². The molecular weight excluding hydrogens is 319 g/mol. The number of unbranched alkanes of at least 4 members (excludes halogenated alkanes) is 1. The molecule has 2 fully saturated rings. The number of rotatable bonds is 13. The molecule has 0 heterocycles. The van der Waals surface area contributed by atoms with E-state index in [9.17, 15) is 14.8 Å². The highest BCUT2D eigenvalue weighted by Gasteiger charge is 2.42. The Morgan fingerprint density at radius 3 is 1.78 bits per heavy atom. The van der Waals surface area contributed by atoms with Crippen LogP contribution < -0.4 is 0 Å². The van der Waals surface area contributed by atoms with Crippen LogP contribution in [0, 0.1) is 10.8 Å². The molecule has 4 N–H and O–H groups in total. The molecule has 0 amide bonds. The van der Waals surface area contributed by atoms with Gasteiger partial charge in [-0.05, 0) is 62.2 Å². The van der Waals surface area contributed by atoms with Gasteiger partial charge in [-0.15, -0.1) is 0 Å². The predicted octanol–water partition coefficient (Wildman–Crippen LogP) is 2.74. The Morgan fingerprint density at radius 2 is 1.35 bits per heavy atom. The van der Waals surface area contributed by atoms with Crippen molar-refractivity contribution in [1.29, 1.82) is 0 Å². The lowest BCUT2D eigenvalue weighted by molar-refractivity contribution is 0.110.